The second-order valence-electron chi connectivity index (χ2n) is 6.91. The summed E-state index contributed by atoms with van der Waals surface area (Å²) in [6, 6.07) is 6.99. The van der Waals surface area contributed by atoms with E-state index in [0.29, 0.717) is 11.7 Å². The third-order valence-corrected chi connectivity index (χ3v) is 4.89. The molecule has 2 aromatic rings. The Bertz CT molecular complexity index is 768. The van der Waals surface area contributed by atoms with Gasteiger partial charge in [0.1, 0.15) is 5.69 Å². The van der Waals surface area contributed by atoms with Crippen LogP contribution in [-0.2, 0) is 6.42 Å². The molecule has 1 amide bonds. The Kier molecular flexibility index (Phi) is 4.36. The number of benzene rings is 1. The molecule has 1 saturated heterocycles. The summed E-state index contributed by atoms with van der Waals surface area (Å²) < 4.78 is 0. The molecule has 2 aliphatic heterocycles. The number of hydrogen-bond donors (Lipinski definition) is 3. The van der Waals surface area contributed by atoms with Crippen molar-refractivity contribution in [3.63, 3.8) is 0 Å². The summed E-state index contributed by atoms with van der Waals surface area (Å²) in [5.41, 5.74) is 4.70. The van der Waals surface area contributed by atoms with Crippen LogP contribution in [0, 0.1) is 0 Å². The molecule has 6 nitrogen and oxygen atoms in total. The number of hydrogen-bond acceptors (Lipinski definition) is 5. The van der Waals surface area contributed by atoms with Crippen molar-refractivity contribution in [1.82, 2.24) is 20.6 Å². The van der Waals surface area contributed by atoms with Crippen molar-refractivity contribution < 1.29 is 4.79 Å². The molecule has 25 heavy (non-hydrogen) atoms. The normalized spacial score (nSPS) is 20.0. The Labute approximate surface area is 147 Å². The molecule has 0 unspecified atom stereocenters. The molecular formula is C19H23N5O. The SMILES string of the molecule is C[C@H]1Cc2cc(-c3cnc(C(=O)NC4CCNCC4)cn3)ccc2N1. The lowest BCUT2D eigenvalue weighted by Crippen LogP contribution is -2.42. The van der Waals surface area contributed by atoms with E-state index in [1.807, 2.05) is 6.07 Å². The zero-order chi connectivity index (χ0) is 17.2. The lowest BCUT2D eigenvalue weighted by atomic mass is 10.1. The predicted octanol–water partition coefficient (Wildman–Crippen LogP) is 1.98. The van der Waals surface area contributed by atoms with Gasteiger partial charge >= 0.3 is 0 Å². The van der Waals surface area contributed by atoms with Crippen molar-refractivity contribution in [3.8, 4) is 11.3 Å². The van der Waals surface area contributed by atoms with Crippen LogP contribution in [0.15, 0.2) is 30.6 Å². The Balaban J connectivity index is 1.46. The predicted molar refractivity (Wildman–Crippen MR) is 97.6 cm³/mol. The first-order valence-electron chi connectivity index (χ1n) is 8.92. The Morgan fingerprint density at radius 3 is 2.80 bits per heavy atom. The molecule has 3 heterocycles. The summed E-state index contributed by atoms with van der Waals surface area (Å²) in [5, 5.41) is 9.78. The van der Waals surface area contributed by atoms with Crippen molar-refractivity contribution in [2.24, 2.45) is 0 Å². The molecular weight excluding hydrogens is 314 g/mol. The zero-order valence-corrected chi connectivity index (χ0v) is 14.4. The summed E-state index contributed by atoms with van der Waals surface area (Å²) in [5.74, 6) is -0.141. The summed E-state index contributed by atoms with van der Waals surface area (Å²) in [6.45, 7) is 4.07. The molecule has 0 saturated carbocycles. The average molecular weight is 337 g/mol. The number of amides is 1. The molecule has 1 fully saturated rings. The number of nitrogens with zero attached hydrogens (tertiary/aromatic N) is 2. The highest BCUT2D eigenvalue weighted by Crippen LogP contribution is 2.29. The van der Waals surface area contributed by atoms with Crippen LogP contribution in [0.2, 0.25) is 0 Å². The van der Waals surface area contributed by atoms with Crippen molar-refractivity contribution in [2.45, 2.75) is 38.3 Å². The van der Waals surface area contributed by atoms with E-state index in [1.165, 1.54) is 11.3 Å². The largest absolute Gasteiger partial charge is 0.382 e. The minimum Gasteiger partial charge on any atom is -0.382 e. The molecule has 0 radical (unpaired) electrons. The quantitative estimate of drug-likeness (QED) is 0.798. The zero-order valence-electron chi connectivity index (χ0n) is 14.4. The average Bonchev–Trinajstić information content (AvgIpc) is 3.02. The number of nitrogens with one attached hydrogen (secondary N) is 3. The monoisotopic (exact) mass is 337 g/mol. The van der Waals surface area contributed by atoms with Gasteiger partial charge in [0.05, 0.1) is 18.1 Å². The smallest absolute Gasteiger partial charge is 0.271 e. The first kappa shape index (κ1) is 16.0. The molecule has 2 aliphatic rings. The van der Waals surface area contributed by atoms with Gasteiger partial charge in [-0.15, -0.1) is 0 Å². The van der Waals surface area contributed by atoms with Gasteiger partial charge in [-0.05, 0) is 57.0 Å². The number of rotatable bonds is 3. The maximum atomic E-state index is 12.3. The minimum atomic E-state index is -0.141. The van der Waals surface area contributed by atoms with E-state index in [2.05, 4.69) is 45.0 Å². The van der Waals surface area contributed by atoms with E-state index in [-0.39, 0.29) is 11.9 Å². The van der Waals surface area contributed by atoms with Gasteiger partial charge in [-0.2, -0.15) is 0 Å². The highest BCUT2D eigenvalue weighted by Gasteiger charge is 2.19. The maximum absolute atomic E-state index is 12.3. The molecule has 3 N–H and O–H groups in total. The van der Waals surface area contributed by atoms with E-state index in [0.717, 1.165) is 43.6 Å². The van der Waals surface area contributed by atoms with Gasteiger partial charge < -0.3 is 16.0 Å². The topological polar surface area (TPSA) is 78.9 Å². The second kappa shape index (κ2) is 6.80. The van der Waals surface area contributed by atoms with Crippen LogP contribution in [0.1, 0.15) is 35.8 Å². The fourth-order valence-corrected chi connectivity index (χ4v) is 3.53. The maximum Gasteiger partial charge on any atom is 0.271 e. The van der Waals surface area contributed by atoms with Crippen LogP contribution in [0.25, 0.3) is 11.3 Å². The number of carbonyl (C=O) groups excluding carboxylic acids is 1. The number of carbonyl (C=O) groups is 1. The fourth-order valence-electron chi connectivity index (χ4n) is 3.53. The van der Waals surface area contributed by atoms with Gasteiger partial charge in [0, 0.05) is 23.3 Å². The Morgan fingerprint density at radius 2 is 2.04 bits per heavy atom. The van der Waals surface area contributed by atoms with Gasteiger partial charge in [-0.3, -0.25) is 9.78 Å². The van der Waals surface area contributed by atoms with Crippen molar-refractivity contribution in [1.29, 1.82) is 0 Å². The first-order valence-corrected chi connectivity index (χ1v) is 8.92. The van der Waals surface area contributed by atoms with Crippen LogP contribution in [-0.4, -0.2) is 41.0 Å². The highest BCUT2D eigenvalue weighted by atomic mass is 16.1. The third kappa shape index (κ3) is 3.49. The van der Waals surface area contributed by atoms with E-state index in [4.69, 9.17) is 0 Å². The molecule has 0 spiro atoms. The first-order chi connectivity index (χ1) is 12.2. The second-order valence-corrected chi connectivity index (χ2v) is 6.91. The summed E-state index contributed by atoms with van der Waals surface area (Å²) in [7, 11) is 0. The van der Waals surface area contributed by atoms with Gasteiger partial charge in [0.25, 0.3) is 5.91 Å². The van der Waals surface area contributed by atoms with Gasteiger partial charge in [-0.1, -0.05) is 6.07 Å². The molecule has 6 heteroatoms. The minimum absolute atomic E-state index is 0.141. The number of fused-ring (bicyclic) bond motifs is 1. The molecule has 1 atom stereocenters. The number of aromatic nitrogens is 2. The molecule has 4 rings (SSSR count). The van der Waals surface area contributed by atoms with E-state index >= 15 is 0 Å². The van der Waals surface area contributed by atoms with Crippen molar-refractivity contribution >= 4 is 11.6 Å². The summed E-state index contributed by atoms with van der Waals surface area (Å²) in [6.07, 6.45) is 6.19. The highest BCUT2D eigenvalue weighted by molar-refractivity contribution is 5.92. The van der Waals surface area contributed by atoms with Gasteiger partial charge in [-0.25, -0.2) is 4.98 Å². The van der Waals surface area contributed by atoms with Crippen LogP contribution >= 0.6 is 0 Å². The molecule has 0 bridgehead atoms. The molecule has 130 valence electrons. The fraction of sp³-hybridized carbons (Fsp3) is 0.421. The lowest BCUT2D eigenvalue weighted by Gasteiger charge is -2.23. The van der Waals surface area contributed by atoms with Crippen LogP contribution in [0.5, 0.6) is 0 Å². The number of piperidine rings is 1. The lowest BCUT2D eigenvalue weighted by molar-refractivity contribution is 0.0924. The van der Waals surface area contributed by atoms with E-state index in [1.54, 1.807) is 12.4 Å². The third-order valence-electron chi connectivity index (χ3n) is 4.89. The van der Waals surface area contributed by atoms with Crippen LogP contribution in [0.4, 0.5) is 5.69 Å². The van der Waals surface area contributed by atoms with Crippen LogP contribution < -0.4 is 16.0 Å². The molecule has 1 aromatic heterocycles. The Morgan fingerprint density at radius 1 is 1.20 bits per heavy atom. The van der Waals surface area contributed by atoms with Crippen LogP contribution in [0.3, 0.4) is 0 Å². The molecule has 0 aliphatic carbocycles. The number of anilines is 1. The van der Waals surface area contributed by atoms with Gasteiger partial charge in [0.15, 0.2) is 0 Å². The van der Waals surface area contributed by atoms with Crippen molar-refractivity contribution in [3.05, 3.63) is 41.9 Å². The van der Waals surface area contributed by atoms with E-state index < -0.39 is 0 Å². The summed E-state index contributed by atoms with van der Waals surface area (Å²) >= 11 is 0. The molecule has 1 aromatic carbocycles. The van der Waals surface area contributed by atoms with Gasteiger partial charge in [0.2, 0.25) is 0 Å². The van der Waals surface area contributed by atoms with Crippen molar-refractivity contribution in [2.75, 3.05) is 18.4 Å². The summed E-state index contributed by atoms with van der Waals surface area (Å²) in [4.78, 5) is 21.1. The standard InChI is InChI=1S/C19H23N5O/c1-12-8-14-9-13(2-3-16(14)23-12)17-10-22-18(11-21-17)19(25)24-15-4-6-20-7-5-15/h2-3,9-12,15,20,23H,4-8H2,1H3,(H,24,25)/t12-/m0/s1. The van der Waals surface area contributed by atoms with E-state index in [9.17, 15) is 4.79 Å². The Hall–Kier alpha value is -2.47.